The van der Waals surface area contributed by atoms with Gasteiger partial charge in [-0.15, -0.1) is 0 Å². The molecule has 2 aliphatic rings. The number of benzene rings is 3. The summed E-state index contributed by atoms with van der Waals surface area (Å²) in [6.07, 6.45) is 2.99. The van der Waals surface area contributed by atoms with Gasteiger partial charge in [0, 0.05) is 38.3 Å². The highest BCUT2D eigenvalue weighted by atomic mass is 16.5. The van der Waals surface area contributed by atoms with E-state index < -0.39 is 0 Å². The van der Waals surface area contributed by atoms with Crippen LogP contribution in [0.1, 0.15) is 46.5 Å². The highest BCUT2D eigenvalue weighted by Gasteiger charge is 2.27. The standard InChI is InChI=1S/C33H37N5O2/c1-24-6-4-9-28(18-24)32-35-31(40-36-32)23-37-16-5-10-30(22-37)33(39)34-19-25-11-13-26(14-12-25)20-38-17-15-27-7-2-3-8-29(27)21-38/h2-4,6-9,11-14,18,30H,5,10,15-17,19-23H2,1H3,(H,34,39). The van der Waals surface area contributed by atoms with E-state index in [2.05, 4.69) is 79.9 Å². The van der Waals surface area contributed by atoms with Crippen molar-refractivity contribution in [2.45, 2.75) is 52.4 Å². The number of carbonyl (C=O) groups is 1. The third kappa shape index (κ3) is 6.49. The molecule has 1 atom stereocenters. The first-order valence-corrected chi connectivity index (χ1v) is 14.4. The first-order chi connectivity index (χ1) is 19.6. The molecule has 6 rings (SSSR count). The predicted molar refractivity (Wildman–Crippen MR) is 155 cm³/mol. The number of likely N-dealkylation sites (tertiary alicyclic amines) is 1. The van der Waals surface area contributed by atoms with Gasteiger partial charge in [-0.25, -0.2) is 0 Å². The first-order valence-electron chi connectivity index (χ1n) is 14.4. The van der Waals surface area contributed by atoms with E-state index in [0.29, 0.717) is 31.3 Å². The van der Waals surface area contributed by atoms with Gasteiger partial charge in [0.2, 0.25) is 17.6 Å². The fraction of sp³-hybridized carbons (Fsp3) is 0.364. The minimum absolute atomic E-state index is 0.0332. The number of piperidine rings is 1. The predicted octanol–water partition coefficient (Wildman–Crippen LogP) is 5.13. The van der Waals surface area contributed by atoms with E-state index in [0.717, 1.165) is 62.1 Å². The number of nitrogens with one attached hydrogen (secondary N) is 1. The molecule has 1 fully saturated rings. The van der Waals surface area contributed by atoms with E-state index in [1.54, 1.807) is 0 Å². The quantitative estimate of drug-likeness (QED) is 0.337. The molecule has 0 saturated carbocycles. The minimum atomic E-state index is -0.0332. The number of amides is 1. The zero-order valence-electron chi connectivity index (χ0n) is 23.2. The maximum absolute atomic E-state index is 13.0. The van der Waals surface area contributed by atoms with Crippen LogP contribution in [0.25, 0.3) is 11.4 Å². The Morgan fingerprint density at radius 1 is 0.950 bits per heavy atom. The summed E-state index contributed by atoms with van der Waals surface area (Å²) in [5.74, 6) is 1.28. The first kappa shape index (κ1) is 26.4. The van der Waals surface area contributed by atoms with Gasteiger partial charge in [-0.2, -0.15) is 4.98 Å². The lowest BCUT2D eigenvalue weighted by atomic mass is 9.97. The molecule has 7 heteroatoms. The Morgan fingerprint density at radius 2 is 1.77 bits per heavy atom. The van der Waals surface area contributed by atoms with Crippen LogP contribution < -0.4 is 5.32 Å². The monoisotopic (exact) mass is 535 g/mol. The summed E-state index contributed by atoms with van der Waals surface area (Å²) in [6.45, 7) is 7.84. The zero-order chi connectivity index (χ0) is 27.3. The number of aromatic nitrogens is 2. The van der Waals surface area contributed by atoms with Crippen LogP contribution in [0.3, 0.4) is 0 Å². The number of carbonyl (C=O) groups excluding carboxylic acids is 1. The molecule has 3 aromatic carbocycles. The maximum Gasteiger partial charge on any atom is 0.241 e. The molecule has 1 unspecified atom stereocenters. The molecule has 0 aliphatic carbocycles. The van der Waals surface area contributed by atoms with Crippen molar-refractivity contribution in [1.82, 2.24) is 25.3 Å². The van der Waals surface area contributed by atoms with E-state index in [1.807, 2.05) is 25.1 Å². The van der Waals surface area contributed by atoms with E-state index >= 15 is 0 Å². The second-order valence-electron chi connectivity index (χ2n) is 11.2. The summed E-state index contributed by atoms with van der Waals surface area (Å²) in [4.78, 5) is 22.4. The Kier molecular flexibility index (Phi) is 8.02. The maximum atomic E-state index is 13.0. The Balaban J connectivity index is 0.969. The number of rotatable bonds is 8. The van der Waals surface area contributed by atoms with Gasteiger partial charge in [-0.1, -0.05) is 77.5 Å². The van der Waals surface area contributed by atoms with Crippen LogP contribution in [-0.4, -0.2) is 45.5 Å². The van der Waals surface area contributed by atoms with Gasteiger partial charge in [0.25, 0.3) is 0 Å². The number of fused-ring (bicyclic) bond motifs is 1. The van der Waals surface area contributed by atoms with Gasteiger partial charge < -0.3 is 9.84 Å². The third-order valence-electron chi connectivity index (χ3n) is 8.09. The molecule has 0 bridgehead atoms. The van der Waals surface area contributed by atoms with Crippen molar-refractivity contribution < 1.29 is 9.32 Å². The van der Waals surface area contributed by atoms with Crippen molar-refractivity contribution in [3.8, 4) is 11.4 Å². The van der Waals surface area contributed by atoms with E-state index in [1.165, 1.54) is 16.7 Å². The lowest BCUT2D eigenvalue weighted by Gasteiger charge is -2.30. The molecule has 1 N–H and O–H groups in total. The summed E-state index contributed by atoms with van der Waals surface area (Å²) in [5, 5.41) is 7.33. The Labute approximate surface area is 236 Å². The van der Waals surface area contributed by atoms with E-state index in [-0.39, 0.29) is 11.8 Å². The molecule has 1 saturated heterocycles. The van der Waals surface area contributed by atoms with Gasteiger partial charge in [0.15, 0.2) is 0 Å². The summed E-state index contributed by atoms with van der Waals surface area (Å²) in [5.41, 5.74) is 7.48. The molecule has 4 aromatic rings. The lowest BCUT2D eigenvalue weighted by molar-refractivity contribution is -0.127. The van der Waals surface area contributed by atoms with Crippen LogP contribution in [0.15, 0.2) is 77.3 Å². The summed E-state index contributed by atoms with van der Waals surface area (Å²) in [7, 11) is 0. The number of aryl methyl sites for hydroxylation is 1. The molecule has 0 radical (unpaired) electrons. The Morgan fingerprint density at radius 3 is 2.62 bits per heavy atom. The largest absolute Gasteiger partial charge is 0.352 e. The third-order valence-corrected chi connectivity index (χ3v) is 8.09. The fourth-order valence-electron chi connectivity index (χ4n) is 5.87. The molecule has 1 aromatic heterocycles. The average Bonchev–Trinajstić information content (AvgIpc) is 3.45. The van der Waals surface area contributed by atoms with Crippen LogP contribution in [0.4, 0.5) is 0 Å². The van der Waals surface area contributed by atoms with Crippen LogP contribution in [0.2, 0.25) is 0 Å². The highest BCUT2D eigenvalue weighted by Crippen LogP contribution is 2.22. The summed E-state index contributed by atoms with van der Waals surface area (Å²) < 4.78 is 5.53. The minimum Gasteiger partial charge on any atom is -0.352 e. The van der Waals surface area contributed by atoms with Crippen molar-refractivity contribution in [2.24, 2.45) is 5.92 Å². The van der Waals surface area contributed by atoms with Crippen LogP contribution >= 0.6 is 0 Å². The normalized spacial score (nSPS) is 17.9. The molecule has 1 amide bonds. The fourth-order valence-corrected chi connectivity index (χ4v) is 5.87. The second kappa shape index (κ2) is 12.1. The highest BCUT2D eigenvalue weighted by molar-refractivity contribution is 5.79. The average molecular weight is 536 g/mol. The SMILES string of the molecule is Cc1cccc(-c2noc(CN3CCCC(C(=O)NCc4ccc(CN5CCc6ccccc6C5)cc4)C3)n2)c1. The smallest absolute Gasteiger partial charge is 0.241 e. The van der Waals surface area contributed by atoms with Crippen molar-refractivity contribution in [3.05, 3.63) is 107 Å². The Bertz CT molecular complexity index is 1450. The van der Waals surface area contributed by atoms with E-state index in [9.17, 15) is 4.79 Å². The lowest BCUT2D eigenvalue weighted by Crippen LogP contribution is -2.42. The number of hydrogen-bond acceptors (Lipinski definition) is 6. The molecule has 7 nitrogen and oxygen atoms in total. The van der Waals surface area contributed by atoms with Gasteiger partial charge in [0.1, 0.15) is 0 Å². The van der Waals surface area contributed by atoms with Crippen molar-refractivity contribution in [2.75, 3.05) is 19.6 Å². The van der Waals surface area contributed by atoms with Gasteiger partial charge in [-0.3, -0.25) is 14.6 Å². The second-order valence-corrected chi connectivity index (χ2v) is 11.2. The molecule has 0 spiro atoms. The van der Waals surface area contributed by atoms with Gasteiger partial charge >= 0.3 is 0 Å². The molecule has 40 heavy (non-hydrogen) atoms. The molecular formula is C33H37N5O2. The van der Waals surface area contributed by atoms with Crippen LogP contribution in [-0.2, 0) is 37.4 Å². The van der Waals surface area contributed by atoms with E-state index in [4.69, 9.17) is 4.52 Å². The Hall–Kier alpha value is -3.81. The van der Waals surface area contributed by atoms with Gasteiger partial charge in [0.05, 0.1) is 12.5 Å². The molecule has 206 valence electrons. The molecule has 3 heterocycles. The van der Waals surface area contributed by atoms with Crippen LogP contribution in [0.5, 0.6) is 0 Å². The number of hydrogen-bond donors (Lipinski definition) is 1. The summed E-state index contributed by atoms with van der Waals surface area (Å²) >= 11 is 0. The molecular weight excluding hydrogens is 498 g/mol. The van der Waals surface area contributed by atoms with Crippen molar-refractivity contribution >= 4 is 5.91 Å². The van der Waals surface area contributed by atoms with Crippen molar-refractivity contribution in [3.63, 3.8) is 0 Å². The number of nitrogens with zero attached hydrogens (tertiary/aromatic N) is 4. The molecule has 2 aliphatic heterocycles. The topological polar surface area (TPSA) is 74.5 Å². The summed E-state index contributed by atoms with van der Waals surface area (Å²) in [6, 6.07) is 25.5. The van der Waals surface area contributed by atoms with Gasteiger partial charge in [-0.05, 0) is 61.1 Å². The van der Waals surface area contributed by atoms with Crippen LogP contribution in [0, 0.1) is 12.8 Å². The zero-order valence-corrected chi connectivity index (χ0v) is 23.2. The van der Waals surface area contributed by atoms with Crippen molar-refractivity contribution in [1.29, 1.82) is 0 Å².